The van der Waals surface area contributed by atoms with Gasteiger partial charge in [-0.3, -0.25) is 9.59 Å². The molecule has 0 aromatic heterocycles. The number of hydrogen-bond donors (Lipinski definition) is 3. The first-order valence-electron chi connectivity index (χ1n) is 10.2. The minimum atomic E-state index is -0.0778. The molecule has 0 unspecified atom stereocenters. The average Bonchev–Trinajstić information content (AvgIpc) is 2.71. The standard InChI is InChI=1S/C21H34N4O2/c1-3-25(4-2)16-15-23-21(27)18-6-8-19(9-7-18)24-20(26)10-5-17-11-13-22-14-12-17/h6-9,17,22H,3-5,10-16H2,1-2H3,(H,23,27)(H,24,26). The van der Waals surface area contributed by atoms with Crippen LogP contribution >= 0.6 is 0 Å². The molecule has 6 heteroatoms. The molecule has 2 rings (SSSR count). The maximum Gasteiger partial charge on any atom is 0.251 e. The van der Waals surface area contributed by atoms with Gasteiger partial charge in [0.25, 0.3) is 5.91 Å². The molecule has 6 nitrogen and oxygen atoms in total. The van der Waals surface area contributed by atoms with Gasteiger partial charge in [0.05, 0.1) is 0 Å². The van der Waals surface area contributed by atoms with Crippen LogP contribution in [0.3, 0.4) is 0 Å². The van der Waals surface area contributed by atoms with Crippen molar-refractivity contribution in [3.05, 3.63) is 29.8 Å². The molecule has 1 aromatic rings. The fourth-order valence-electron chi connectivity index (χ4n) is 3.40. The van der Waals surface area contributed by atoms with E-state index in [0.717, 1.165) is 57.7 Å². The van der Waals surface area contributed by atoms with Gasteiger partial charge in [0, 0.05) is 30.8 Å². The number of carbonyl (C=O) groups is 2. The number of likely N-dealkylation sites (N-methyl/N-ethyl adjacent to an activating group) is 1. The predicted octanol–water partition coefficient (Wildman–Crippen LogP) is 2.48. The number of benzene rings is 1. The summed E-state index contributed by atoms with van der Waals surface area (Å²) >= 11 is 0. The van der Waals surface area contributed by atoms with E-state index in [1.54, 1.807) is 24.3 Å². The molecule has 150 valence electrons. The van der Waals surface area contributed by atoms with Crippen molar-refractivity contribution >= 4 is 17.5 Å². The van der Waals surface area contributed by atoms with Crippen molar-refractivity contribution in [3.8, 4) is 0 Å². The molecular formula is C21H34N4O2. The molecule has 0 atom stereocenters. The second kappa shape index (κ2) is 11.7. The van der Waals surface area contributed by atoms with E-state index in [4.69, 9.17) is 0 Å². The molecule has 1 fully saturated rings. The Balaban J connectivity index is 1.71. The quantitative estimate of drug-likeness (QED) is 0.588. The predicted molar refractivity (Wildman–Crippen MR) is 110 cm³/mol. The van der Waals surface area contributed by atoms with Crippen LogP contribution in [0.25, 0.3) is 0 Å². The first-order valence-corrected chi connectivity index (χ1v) is 10.2. The van der Waals surface area contributed by atoms with Gasteiger partial charge in [0.1, 0.15) is 0 Å². The lowest BCUT2D eigenvalue weighted by atomic mass is 9.93. The smallest absolute Gasteiger partial charge is 0.251 e. The molecule has 27 heavy (non-hydrogen) atoms. The van der Waals surface area contributed by atoms with Gasteiger partial charge in [0.15, 0.2) is 0 Å². The third-order valence-electron chi connectivity index (χ3n) is 5.28. The SMILES string of the molecule is CCN(CC)CCNC(=O)c1ccc(NC(=O)CCC2CCNCC2)cc1. The summed E-state index contributed by atoms with van der Waals surface area (Å²) in [5, 5.41) is 9.21. The summed E-state index contributed by atoms with van der Waals surface area (Å²) in [4.78, 5) is 26.6. The molecule has 0 saturated carbocycles. The molecule has 2 amide bonds. The fourth-order valence-corrected chi connectivity index (χ4v) is 3.40. The van der Waals surface area contributed by atoms with Gasteiger partial charge in [-0.25, -0.2) is 0 Å². The van der Waals surface area contributed by atoms with Crippen LogP contribution in [0, 0.1) is 5.92 Å². The van der Waals surface area contributed by atoms with E-state index in [9.17, 15) is 9.59 Å². The molecule has 1 aliphatic rings. The summed E-state index contributed by atoms with van der Waals surface area (Å²) in [6.07, 6.45) is 3.82. The molecule has 0 radical (unpaired) electrons. The monoisotopic (exact) mass is 374 g/mol. The minimum absolute atomic E-state index is 0.0463. The van der Waals surface area contributed by atoms with Crippen LogP contribution in [-0.2, 0) is 4.79 Å². The molecule has 0 aliphatic carbocycles. The van der Waals surface area contributed by atoms with Crippen molar-refractivity contribution < 1.29 is 9.59 Å². The van der Waals surface area contributed by atoms with Gasteiger partial charge in [-0.15, -0.1) is 0 Å². The van der Waals surface area contributed by atoms with Gasteiger partial charge in [-0.05, 0) is 75.6 Å². The summed E-state index contributed by atoms with van der Waals surface area (Å²) in [5.41, 5.74) is 1.35. The second-order valence-corrected chi connectivity index (χ2v) is 7.14. The summed E-state index contributed by atoms with van der Waals surface area (Å²) in [5.74, 6) is 0.621. The Morgan fingerprint density at radius 1 is 1.11 bits per heavy atom. The van der Waals surface area contributed by atoms with E-state index >= 15 is 0 Å². The molecule has 3 N–H and O–H groups in total. The van der Waals surface area contributed by atoms with Gasteiger partial charge in [-0.2, -0.15) is 0 Å². The Morgan fingerprint density at radius 3 is 2.41 bits per heavy atom. The highest BCUT2D eigenvalue weighted by molar-refractivity contribution is 5.95. The van der Waals surface area contributed by atoms with Crippen molar-refractivity contribution in [3.63, 3.8) is 0 Å². The first kappa shape index (κ1) is 21.4. The third kappa shape index (κ3) is 7.69. The molecular weight excluding hydrogens is 340 g/mol. The van der Waals surface area contributed by atoms with Crippen LogP contribution in [0.5, 0.6) is 0 Å². The number of hydrogen-bond acceptors (Lipinski definition) is 4. The highest BCUT2D eigenvalue weighted by Gasteiger charge is 2.14. The molecule has 1 heterocycles. The topological polar surface area (TPSA) is 73.5 Å². The number of nitrogens with one attached hydrogen (secondary N) is 3. The Bertz CT molecular complexity index is 578. The lowest BCUT2D eigenvalue weighted by Gasteiger charge is -2.22. The van der Waals surface area contributed by atoms with Gasteiger partial charge < -0.3 is 20.9 Å². The summed E-state index contributed by atoms with van der Waals surface area (Å²) in [6, 6.07) is 7.10. The van der Waals surface area contributed by atoms with E-state index in [2.05, 4.69) is 34.7 Å². The highest BCUT2D eigenvalue weighted by atomic mass is 16.2. The maximum absolute atomic E-state index is 12.2. The normalized spacial score (nSPS) is 14.9. The molecule has 0 bridgehead atoms. The average molecular weight is 375 g/mol. The molecule has 0 spiro atoms. The van der Waals surface area contributed by atoms with Gasteiger partial charge in [-0.1, -0.05) is 13.8 Å². The zero-order valence-corrected chi connectivity index (χ0v) is 16.7. The number of nitrogens with zero attached hydrogens (tertiary/aromatic N) is 1. The first-order chi connectivity index (χ1) is 13.1. The Labute approximate surface area is 163 Å². The van der Waals surface area contributed by atoms with E-state index in [0.29, 0.717) is 24.4 Å². The fraction of sp³-hybridized carbons (Fsp3) is 0.619. The minimum Gasteiger partial charge on any atom is -0.351 e. The maximum atomic E-state index is 12.2. The number of rotatable bonds is 10. The van der Waals surface area contributed by atoms with Crippen molar-refractivity contribution in [2.75, 3.05) is 44.6 Å². The van der Waals surface area contributed by atoms with E-state index < -0.39 is 0 Å². The number of piperidine rings is 1. The van der Waals surface area contributed by atoms with Crippen LogP contribution in [0.15, 0.2) is 24.3 Å². The molecule has 1 aliphatic heterocycles. The lowest BCUT2D eigenvalue weighted by molar-refractivity contribution is -0.116. The summed E-state index contributed by atoms with van der Waals surface area (Å²) in [6.45, 7) is 9.81. The van der Waals surface area contributed by atoms with Gasteiger partial charge >= 0.3 is 0 Å². The molecule has 1 saturated heterocycles. The number of amides is 2. The van der Waals surface area contributed by atoms with E-state index in [1.807, 2.05) is 0 Å². The third-order valence-corrected chi connectivity index (χ3v) is 5.28. The van der Waals surface area contributed by atoms with Crippen molar-refractivity contribution in [1.29, 1.82) is 0 Å². The van der Waals surface area contributed by atoms with Crippen LogP contribution < -0.4 is 16.0 Å². The van der Waals surface area contributed by atoms with Crippen LogP contribution in [-0.4, -0.2) is 56.0 Å². The Morgan fingerprint density at radius 2 is 1.78 bits per heavy atom. The molecule has 1 aromatic carbocycles. The zero-order valence-electron chi connectivity index (χ0n) is 16.7. The zero-order chi connectivity index (χ0) is 19.5. The Kier molecular flexibility index (Phi) is 9.28. The summed E-state index contributed by atoms with van der Waals surface area (Å²) in [7, 11) is 0. The Hall–Kier alpha value is -1.92. The van der Waals surface area contributed by atoms with Gasteiger partial charge in [0.2, 0.25) is 5.91 Å². The van der Waals surface area contributed by atoms with E-state index in [-0.39, 0.29) is 11.8 Å². The highest BCUT2D eigenvalue weighted by Crippen LogP contribution is 2.18. The summed E-state index contributed by atoms with van der Waals surface area (Å²) < 4.78 is 0. The van der Waals surface area contributed by atoms with Crippen LogP contribution in [0.1, 0.15) is 49.9 Å². The van der Waals surface area contributed by atoms with E-state index in [1.165, 1.54) is 0 Å². The second-order valence-electron chi connectivity index (χ2n) is 7.14. The number of anilines is 1. The van der Waals surface area contributed by atoms with Crippen molar-refractivity contribution in [2.45, 2.75) is 39.5 Å². The van der Waals surface area contributed by atoms with Crippen molar-refractivity contribution in [2.24, 2.45) is 5.92 Å². The van der Waals surface area contributed by atoms with Crippen LogP contribution in [0.2, 0.25) is 0 Å². The van der Waals surface area contributed by atoms with Crippen LogP contribution in [0.4, 0.5) is 5.69 Å². The lowest BCUT2D eigenvalue weighted by Crippen LogP contribution is -2.34. The van der Waals surface area contributed by atoms with Crippen molar-refractivity contribution in [1.82, 2.24) is 15.5 Å². The number of carbonyl (C=O) groups excluding carboxylic acids is 2. The largest absolute Gasteiger partial charge is 0.351 e.